The van der Waals surface area contributed by atoms with Crippen LogP contribution in [0.4, 0.5) is 4.79 Å². The molecular formula is C8H8ClN3O2. The summed E-state index contributed by atoms with van der Waals surface area (Å²) in [6, 6.07) is 0. The van der Waals surface area contributed by atoms with Gasteiger partial charge in [0, 0.05) is 31.4 Å². The fourth-order valence-electron chi connectivity index (χ4n) is 1.38. The Labute approximate surface area is 85.3 Å². The molecule has 0 aromatic carbocycles. The first kappa shape index (κ1) is 9.21. The SMILES string of the molecule is O=C(O)N1CC(c2cnc(Cl)nc2)C1. The smallest absolute Gasteiger partial charge is 0.407 e. The number of halogens is 1. The summed E-state index contributed by atoms with van der Waals surface area (Å²) < 4.78 is 0. The zero-order chi connectivity index (χ0) is 10.1. The van der Waals surface area contributed by atoms with E-state index in [-0.39, 0.29) is 11.2 Å². The van der Waals surface area contributed by atoms with Crippen molar-refractivity contribution in [1.29, 1.82) is 0 Å². The molecule has 1 aliphatic rings. The van der Waals surface area contributed by atoms with Crippen LogP contribution in [0.5, 0.6) is 0 Å². The number of carbonyl (C=O) groups is 1. The summed E-state index contributed by atoms with van der Waals surface area (Å²) in [5.74, 6) is 0.211. The highest BCUT2D eigenvalue weighted by Gasteiger charge is 2.31. The van der Waals surface area contributed by atoms with E-state index in [1.807, 2.05) is 0 Å². The molecule has 0 bridgehead atoms. The second kappa shape index (κ2) is 3.42. The Morgan fingerprint density at radius 3 is 2.57 bits per heavy atom. The van der Waals surface area contributed by atoms with Crippen LogP contribution >= 0.6 is 11.6 Å². The minimum Gasteiger partial charge on any atom is -0.465 e. The van der Waals surface area contributed by atoms with Gasteiger partial charge in [0.15, 0.2) is 0 Å². The zero-order valence-electron chi connectivity index (χ0n) is 7.22. The highest BCUT2D eigenvalue weighted by molar-refractivity contribution is 6.28. The molecule has 1 amide bonds. The number of hydrogen-bond donors (Lipinski definition) is 1. The minimum absolute atomic E-state index is 0.211. The summed E-state index contributed by atoms with van der Waals surface area (Å²) in [5.41, 5.74) is 0.937. The number of amides is 1. The van der Waals surface area contributed by atoms with Crippen molar-refractivity contribution in [3.63, 3.8) is 0 Å². The summed E-state index contributed by atoms with van der Waals surface area (Å²) >= 11 is 5.53. The second-order valence-electron chi connectivity index (χ2n) is 3.17. The van der Waals surface area contributed by atoms with E-state index in [9.17, 15) is 4.79 Å². The van der Waals surface area contributed by atoms with E-state index in [2.05, 4.69) is 9.97 Å². The lowest BCUT2D eigenvalue weighted by molar-refractivity contribution is 0.105. The van der Waals surface area contributed by atoms with Gasteiger partial charge in [-0.25, -0.2) is 14.8 Å². The van der Waals surface area contributed by atoms with Gasteiger partial charge in [-0.05, 0) is 17.2 Å². The number of nitrogens with zero attached hydrogens (tertiary/aromatic N) is 3. The van der Waals surface area contributed by atoms with E-state index in [1.54, 1.807) is 12.4 Å². The molecule has 0 radical (unpaired) electrons. The van der Waals surface area contributed by atoms with E-state index < -0.39 is 6.09 Å². The first-order valence-electron chi connectivity index (χ1n) is 4.12. The summed E-state index contributed by atoms with van der Waals surface area (Å²) in [4.78, 5) is 19.5. The molecule has 14 heavy (non-hydrogen) atoms. The lowest BCUT2D eigenvalue weighted by atomic mass is 9.94. The Hall–Kier alpha value is -1.36. The van der Waals surface area contributed by atoms with Gasteiger partial charge < -0.3 is 10.0 Å². The third kappa shape index (κ3) is 1.63. The van der Waals surface area contributed by atoms with Crippen LogP contribution in [0.25, 0.3) is 0 Å². The van der Waals surface area contributed by atoms with Crippen LogP contribution < -0.4 is 0 Å². The lowest BCUT2D eigenvalue weighted by Crippen LogP contribution is -2.47. The average molecular weight is 214 g/mol. The molecule has 0 saturated carbocycles. The molecule has 0 spiro atoms. The number of aromatic nitrogens is 2. The fraction of sp³-hybridized carbons (Fsp3) is 0.375. The van der Waals surface area contributed by atoms with Crippen molar-refractivity contribution in [3.8, 4) is 0 Å². The molecular weight excluding hydrogens is 206 g/mol. The molecule has 0 aliphatic carbocycles. The summed E-state index contributed by atoms with van der Waals surface area (Å²) in [7, 11) is 0. The van der Waals surface area contributed by atoms with E-state index >= 15 is 0 Å². The molecule has 74 valence electrons. The highest BCUT2D eigenvalue weighted by Crippen LogP contribution is 2.25. The molecule has 1 saturated heterocycles. The maximum absolute atomic E-state index is 10.5. The maximum atomic E-state index is 10.5. The predicted molar refractivity (Wildman–Crippen MR) is 49.4 cm³/mol. The van der Waals surface area contributed by atoms with Gasteiger partial charge in [-0.3, -0.25) is 0 Å². The van der Waals surface area contributed by atoms with Gasteiger partial charge in [0.1, 0.15) is 0 Å². The highest BCUT2D eigenvalue weighted by atomic mass is 35.5. The second-order valence-corrected chi connectivity index (χ2v) is 3.51. The van der Waals surface area contributed by atoms with Crippen molar-refractivity contribution in [1.82, 2.24) is 14.9 Å². The monoisotopic (exact) mass is 213 g/mol. The Kier molecular flexibility index (Phi) is 2.25. The molecule has 5 nitrogen and oxygen atoms in total. The summed E-state index contributed by atoms with van der Waals surface area (Å²) in [5, 5.41) is 8.83. The third-order valence-electron chi connectivity index (χ3n) is 2.26. The Balaban J connectivity index is 2.00. The number of likely N-dealkylation sites (tertiary alicyclic amines) is 1. The Morgan fingerprint density at radius 1 is 1.50 bits per heavy atom. The topological polar surface area (TPSA) is 66.3 Å². The van der Waals surface area contributed by atoms with E-state index in [0.717, 1.165) is 5.56 Å². The molecule has 1 aromatic rings. The van der Waals surface area contributed by atoms with Gasteiger partial charge in [0.2, 0.25) is 5.28 Å². The fourth-order valence-corrected chi connectivity index (χ4v) is 1.48. The van der Waals surface area contributed by atoms with Crippen molar-refractivity contribution < 1.29 is 9.90 Å². The van der Waals surface area contributed by atoms with Gasteiger partial charge in [-0.15, -0.1) is 0 Å². The van der Waals surface area contributed by atoms with Crippen LogP contribution in [0.15, 0.2) is 12.4 Å². The zero-order valence-corrected chi connectivity index (χ0v) is 7.98. The first-order valence-corrected chi connectivity index (χ1v) is 4.50. The molecule has 0 atom stereocenters. The van der Waals surface area contributed by atoms with Crippen LogP contribution in [0.2, 0.25) is 5.28 Å². The largest absolute Gasteiger partial charge is 0.465 e. The molecule has 0 unspecified atom stereocenters. The van der Waals surface area contributed by atoms with Crippen LogP contribution in [0, 0.1) is 0 Å². The molecule has 1 fully saturated rings. The normalized spacial score (nSPS) is 16.5. The Morgan fingerprint density at radius 2 is 2.07 bits per heavy atom. The molecule has 1 aromatic heterocycles. The lowest BCUT2D eigenvalue weighted by Gasteiger charge is -2.36. The summed E-state index contributed by atoms with van der Waals surface area (Å²) in [6.07, 6.45) is 2.40. The number of carboxylic acid groups (broad SMARTS) is 1. The number of rotatable bonds is 1. The first-order chi connectivity index (χ1) is 6.66. The molecule has 1 aliphatic heterocycles. The van der Waals surface area contributed by atoms with Crippen molar-refractivity contribution in [2.24, 2.45) is 0 Å². The van der Waals surface area contributed by atoms with Crippen molar-refractivity contribution in [3.05, 3.63) is 23.2 Å². The van der Waals surface area contributed by atoms with Crippen LogP contribution in [-0.4, -0.2) is 39.2 Å². The molecule has 2 rings (SSSR count). The van der Waals surface area contributed by atoms with Gasteiger partial charge in [0.25, 0.3) is 0 Å². The van der Waals surface area contributed by atoms with E-state index in [4.69, 9.17) is 16.7 Å². The van der Waals surface area contributed by atoms with Crippen molar-refractivity contribution in [2.45, 2.75) is 5.92 Å². The van der Waals surface area contributed by atoms with E-state index in [1.165, 1.54) is 4.90 Å². The minimum atomic E-state index is -0.879. The van der Waals surface area contributed by atoms with Crippen LogP contribution in [0.3, 0.4) is 0 Å². The molecule has 6 heteroatoms. The van der Waals surface area contributed by atoms with Crippen molar-refractivity contribution >= 4 is 17.7 Å². The molecule has 2 heterocycles. The van der Waals surface area contributed by atoms with Crippen LogP contribution in [-0.2, 0) is 0 Å². The van der Waals surface area contributed by atoms with Gasteiger partial charge >= 0.3 is 6.09 Å². The maximum Gasteiger partial charge on any atom is 0.407 e. The van der Waals surface area contributed by atoms with Gasteiger partial charge in [-0.1, -0.05) is 0 Å². The molecule has 1 N–H and O–H groups in total. The van der Waals surface area contributed by atoms with Gasteiger partial charge in [-0.2, -0.15) is 0 Å². The van der Waals surface area contributed by atoms with Gasteiger partial charge in [0.05, 0.1) is 0 Å². The van der Waals surface area contributed by atoms with E-state index in [0.29, 0.717) is 13.1 Å². The third-order valence-corrected chi connectivity index (χ3v) is 2.46. The predicted octanol–water partition coefficient (Wildman–Crippen LogP) is 1.21. The number of hydrogen-bond acceptors (Lipinski definition) is 3. The average Bonchev–Trinajstić information content (AvgIpc) is 2.05. The Bertz CT molecular complexity index is 348. The summed E-state index contributed by atoms with van der Waals surface area (Å²) in [6.45, 7) is 1.03. The quantitative estimate of drug-likeness (QED) is 0.712. The standard InChI is InChI=1S/C8H8ClN3O2/c9-7-10-1-5(2-11-7)6-3-12(4-6)8(13)14/h1-2,6H,3-4H2,(H,13,14). The van der Waals surface area contributed by atoms with Crippen molar-refractivity contribution in [2.75, 3.05) is 13.1 Å². The van der Waals surface area contributed by atoms with Crippen LogP contribution in [0.1, 0.15) is 11.5 Å².